The molecule has 0 N–H and O–H groups in total. The van der Waals surface area contributed by atoms with Crippen molar-refractivity contribution in [2.24, 2.45) is 0 Å². The number of aromatic nitrogens is 1. The average molecular weight is 341 g/mol. The van der Waals surface area contributed by atoms with E-state index >= 15 is 0 Å². The van der Waals surface area contributed by atoms with Gasteiger partial charge in [0.15, 0.2) is 0 Å². The van der Waals surface area contributed by atoms with Crippen molar-refractivity contribution in [1.82, 2.24) is 4.98 Å². The second-order valence-corrected chi connectivity index (χ2v) is 7.02. The molecule has 3 nitrogen and oxygen atoms in total. The Morgan fingerprint density at radius 3 is 2.35 bits per heavy atom. The van der Waals surface area contributed by atoms with Crippen LogP contribution in [0, 0.1) is 0 Å². The molecule has 0 aliphatic rings. The number of hydrogen-bond acceptors (Lipinski definition) is 5. The Morgan fingerprint density at radius 2 is 1.65 bits per heavy atom. The van der Waals surface area contributed by atoms with Crippen molar-refractivity contribution in [2.45, 2.75) is 5.03 Å². The summed E-state index contributed by atoms with van der Waals surface area (Å²) in [4.78, 5) is 4.82. The van der Waals surface area contributed by atoms with Crippen LogP contribution in [0.5, 0.6) is 11.5 Å². The van der Waals surface area contributed by atoms with Gasteiger partial charge in [0.05, 0.1) is 24.4 Å². The minimum absolute atomic E-state index is 0.847. The van der Waals surface area contributed by atoms with E-state index in [2.05, 4.69) is 24.5 Å². The van der Waals surface area contributed by atoms with E-state index in [0.29, 0.717) is 0 Å². The Kier molecular flexibility index (Phi) is 3.54. The first kappa shape index (κ1) is 14.6. The molecule has 0 aliphatic carbocycles. The van der Waals surface area contributed by atoms with Gasteiger partial charge in [-0.2, -0.15) is 0 Å². The fourth-order valence-corrected chi connectivity index (χ4v) is 4.79. The van der Waals surface area contributed by atoms with E-state index in [1.165, 1.54) is 20.2 Å². The molecule has 0 radical (unpaired) electrons. The third-order valence-electron chi connectivity index (χ3n) is 3.98. The molecule has 0 bridgehead atoms. The number of ether oxygens (including phenoxy) is 2. The molecular formula is C18H15NO2S2. The van der Waals surface area contributed by atoms with Crippen molar-refractivity contribution in [3.05, 3.63) is 36.4 Å². The van der Waals surface area contributed by atoms with Gasteiger partial charge < -0.3 is 9.47 Å². The molecule has 2 aromatic heterocycles. The van der Waals surface area contributed by atoms with E-state index in [0.717, 1.165) is 27.4 Å². The summed E-state index contributed by atoms with van der Waals surface area (Å²) < 4.78 is 13.3. The highest BCUT2D eigenvalue weighted by Crippen LogP contribution is 2.43. The van der Waals surface area contributed by atoms with Crippen molar-refractivity contribution in [3.8, 4) is 11.5 Å². The van der Waals surface area contributed by atoms with E-state index in [-0.39, 0.29) is 0 Å². The molecule has 23 heavy (non-hydrogen) atoms. The van der Waals surface area contributed by atoms with Crippen LogP contribution in [0.25, 0.3) is 31.1 Å². The van der Waals surface area contributed by atoms with Crippen LogP contribution >= 0.6 is 23.1 Å². The number of rotatable bonds is 3. The predicted octanol–water partition coefficient (Wildman–Crippen LogP) is 5.34. The van der Waals surface area contributed by atoms with Crippen molar-refractivity contribution >= 4 is 54.2 Å². The second kappa shape index (κ2) is 5.58. The number of nitrogens with zero attached hydrogens (tertiary/aromatic N) is 1. The maximum Gasteiger partial charge on any atom is 0.119 e. The van der Waals surface area contributed by atoms with Crippen molar-refractivity contribution in [1.29, 1.82) is 0 Å². The van der Waals surface area contributed by atoms with Crippen LogP contribution < -0.4 is 9.47 Å². The van der Waals surface area contributed by atoms with Crippen LogP contribution in [0.4, 0.5) is 0 Å². The summed E-state index contributed by atoms with van der Waals surface area (Å²) in [5.41, 5.74) is 0.991. The first-order chi connectivity index (χ1) is 11.2. The van der Waals surface area contributed by atoms with Crippen molar-refractivity contribution in [2.75, 3.05) is 20.5 Å². The second-order valence-electron chi connectivity index (χ2n) is 5.17. The third-order valence-corrected chi connectivity index (χ3v) is 5.97. The SMILES string of the molecule is COc1ccc2nc(SC)c3sc4ccc(OC)cc4c3c2c1. The summed E-state index contributed by atoms with van der Waals surface area (Å²) in [5.74, 6) is 1.72. The summed E-state index contributed by atoms with van der Waals surface area (Å²) in [5, 5.41) is 4.63. The summed E-state index contributed by atoms with van der Waals surface area (Å²) >= 11 is 3.47. The first-order valence-electron chi connectivity index (χ1n) is 7.17. The first-order valence-corrected chi connectivity index (χ1v) is 9.21. The average Bonchev–Trinajstić information content (AvgIpc) is 2.99. The lowest BCUT2D eigenvalue weighted by Gasteiger charge is -2.07. The van der Waals surface area contributed by atoms with Gasteiger partial charge in [0.25, 0.3) is 0 Å². The van der Waals surface area contributed by atoms with Gasteiger partial charge in [-0.05, 0) is 42.7 Å². The van der Waals surface area contributed by atoms with Crippen molar-refractivity contribution < 1.29 is 9.47 Å². The molecule has 0 amide bonds. The minimum Gasteiger partial charge on any atom is -0.497 e. The zero-order chi connectivity index (χ0) is 16.0. The highest BCUT2D eigenvalue weighted by atomic mass is 32.2. The lowest BCUT2D eigenvalue weighted by Crippen LogP contribution is -1.87. The summed E-state index contributed by atoms with van der Waals surface area (Å²) in [6, 6.07) is 12.3. The topological polar surface area (TPSA) is 31.4 Å². The van der Waals surface area contributed by atoms with Gasteiger partial charge >= 0.3 is 0 Å². The zero-order valence-corrected chi connectivity index (χ0v) is 14.7. The molecule has 4 rings (SSSR count). The van der Waals surface area contributed by atoms with E-state index in [1.54, 1.807) is 37.3 Å². The Labute approximate surface area is 142 Å². The van der Waals surface area contributed by atoms with Gasteiger partial charge in [-0.15, -0.1) is 23.1 Å². The van der Waals surface area contributed by atoms with Crippen molar-refractivity contribution in [3.63, 3.8) is 0 Å². The molecule has 0 unspecified atom stereocenters. The molecule has 2 aromatic carbocycles. The number of thiophene rings is 1. The third kappa shape index (κ3) is 2.23. The zero-order valence-electron chi connectivity index (χ0n) is 13.0. The molecule has 0 spiro atoms. The number of fused-ring (bicyclic) bond motifs is 5. The fourth-order valence-electron chi connectivity index (χ4n) is 2.86. The molecule has 5 heteroatoms. The fraction of sp³-hybridized carbons (Fsp3) is 0.167. The molecule has 0 saturated carbocycles. The summed E-state index contributed by atoms with van der Waals surface area (Å²) in [6.07, 6.45) is 2.07. The molecule has 2 heterocycles. The minimum atomic E-state index is 0.847. The van der Waals surface area contributed by atoms with Crippen LogP contribution in [-0.2, 0) is 0 Å². The van der Waals surface area contributed by atoms with Gasteiger partial charge in [0.1, 0.15) is 16.5 Å². The number of pyridine rings is 1. The Balaban J connectivity index is 2.24. The van der Waals surface area contributed by atoms with E-state index in [9.17, 15) is 0 Å². The maximum atomic E-state index is 5.41. The molecule has 0 atom stereocenters. The van der Waals surface area contributed by atoms with Gasteiger partial charge in [-0.25, -0.2) is 4.98 Å². The van der Waals surface area contributed by atoms with Gasteiger partial charge in [0, 0.05) is 20.9 Å². The monoisotopic (exact) mass is 341 g/mol. The summed E-state index contributed by atoms with van der Waals surface area (Å²) in [7, 11) is 3.39. The van der Waals surface area contributed by atoms with Crippen LogP contribution in [-0.4, -0.2) is 25.5 Å². The number of methoxy groups -OCH3 is 2. The largest absolute Gasteiger partial charge is 0.497 e. The quantitative estimate of drug-likeness (QED) is 0.471. The molecule has 0 fully saturated rings. The normalized spacial score (nSPS) is 11.4. The van der Waals surface area contributed by atoms with Crippen LogP contribution in [0.15, 0.2) is 41.4 Å². The number of thioether (sulfide) groups is 1. The predicted molar refractivity (Wildman–Crippen MR) is 99.5 cm³/mol. The highest BCUT2D eigenvalue weighted by Gasteiger charge is 2.15. The molecular weight excluding hydrogens is 326 g/mol. The molecule has 0 saturated heterocycles. The Morgan fingerprint density at radius 1 is 0.957 bits per heavy atom. The lowest BCUT2D eigenvalue weighted by atomic mass is 10.1. The van der Waals surface area contributed by atoms with Gasteiger partial charge in [-0.3, -0.25) is 0 Å². The van der Waals surface area contributed by atoms with Crippen LogP contribution in [0.1, 0.15) is 0 Å². The van der Waals surface area contributed by atoms with Gasteiger partial charge in [-0.1, -0.05) is 0 Å². The van der Waals surface area contributed by atoms with Crippen LogP contribution in [0.3, 0.4) is 0 Å². The summed E-state index contributed by atoms with van der Waals surface area (Å²) in [6.45, 7) is 0. The maximum absolute atomic E-state index is 5.41. The molecule has 0 aliphatic heterocycles. The van der Waals surface area contributed by atoms with E-state index < -0.39 is 0 Å². The smallest absolute Gasteiger partial charge is 0.119 e. The highest BCUT2D eigenvalue weighted by molar-refractivity contribution is 7.98. The standard InChI is InChI=1S/C18H15NO2S2/c1-20-10-4-6-14-12(8-10)16-13-9-11(21-2)5-7-15(13)23-17(16)18(19-14)22-3/h4-9H,1-3H3. The molecule has 4 aromatic rings. The van der Waals surface area contributed by atoms with E-state index in [1.807, 2.05) is 18.2 Å². The van der Waals surface area contributed by atoms with Gasteiger partial charge in [0.2, 0.25) is 0 Å². The number of benzene rings is 2. The lowest BCUT2D eigenvalue weighted by molar-refractivity contribution is 0.415. The Hall–Kier alpha value is -1.98. The van der Waals surface area contributed by atoms with E-state index in [4.69, 9.17) is 14.5 Å². The Bertz CT molecular complexity index is 1040. The molecule has 116 valence electrons. The number of hydrogen-bond donors (Lipinski definition) is 0. The van der Waals surface area contributed by atoms with Crippen LogP contribution in [0.2, 0.25) is 0 Å².